The molecule has 0 aromatic rings. The maximum atomic E-state index is 11.5. The Hall–Kier alpha value is -0.590. The van der Waals surface area contributed by atoms with Crippen LogP contribution in [-0.2, 0) is 4.79 Å². The van der Waals surface area contributed by atoms with Gasteiger partial charge < -0.3 is 0 Å². The standard InChI is InChI=1S/C15H24O/c1-10(2)14-6-4-5-13-9-12(11(3)16)7-8-15(13)14/h10,12,14H,4-9H2,1-3H3. The van der Waals surface area contributed by atoms with Crippen LogP contribution < -0.4 is 0 Å². The van der Waals surface area contributed by atoms with Crippen molar-refractivity contribution in [3.63, 3.8) is 0 Å². The zero-order valence-electron chi connectivity index (χ0n) is 10.9. The quantitative estimate of drug-likeness (QED) is 0.639. The largest absolute Gasteiger partial charge is 0.300 e. The molecular weight excluding hydrogens is 196 g/mol. The summed E-state index contributed by atoms with van der Waals surface area (Å²) in [6.07, 6.45) is 7.36. The van der Waals surface area contributed by atoms with E-state index in [-0.39, 0.29) is 0 Å². The van der Waals surface area contributed by atoms with E-state index in [1.807, 2.05) is 0 Å². The molecule has 0 radical (unpaired) electrons. The van der Waals surface area contributed by atoms with Gasteiger partial charge in [0.1, 0.15) is 5.78 Å². The number of carbonyl (C=O) groups excluding carboxylic acids is 1. The fourth-order valence-electron chi connectivity index (χ4n) is 3.54. The van der Waals surface area contributed by atoms with Crippen LogP contribution >= 0.6 is 0 Å². The molecule has 1 heteroatoms. The van der Waals surface area contributed by atoms with E-state index in [1.54, 1.807) is 18.1 Å². The first-order chi connectivity index (χ1) is 7.59. The molecule has 0 heterocycles. The Balaban J connectivity index is 2.17. The van der Waals surface area contributed by atoms with Gasteiger partial charge in [0.05, 0.1) is 0 Å². The van der Waals surface area contributed by atoms with Crippen molar-refractivity contribution in [2.45, 2.75) is 59.3 Å². The van der Waals surface area contributed by atoms with Gasteiger partial charge in [0.15, 0.2) is 0 Å². The number of hydrogen-bond acceptors (Lipinski definition) is 1. The molecule has 0 spiro atoms. The van der Waals surface area contributed by atoms with E-state index >= 15 is 0 Å². The Labute approximate surface area is 99.3 Å². The van der Waals surface area contributed by atoms with Crippen molar-refractivity contribution in [1.82, 2.24) is 0 Å². The first-order valence-corrected chi connectivity index (χ1v) is 6.80. The highest BCUT2D eigenvalue weighted by Gasteiger charge is 2.31. The summed E-state index contributed by atoms with van der Waals surface area (Å²) in [7, 11) is 0. The van der Waals surface area contributed by atoms with Crippen molar-refractivity contribution in [2.24, 2.45) is 17.8 Å². The van der Waals surface area contributed by atoms with Crippen LogP contribution in [0.15, 0.2) is 11.1 Å². The summed E-state index contributed by atoms with van der Waals surface area (Å²) in [5.74, 6) is 2.33. The second-order valence-corrected chi connectivity index (χ2v) is 5.92. The molecule has 2 aliphatic carbocycles. The number of allylic oxidation sites excluding steroid dienone is 2. The minimum atomic E-state index is 0.338. The van der Waals surface area contributed by atoms with Crippen molar-refractivity contribution in [2.75, 3.05) is 0 Å². The summed E-state index contributed by atoms with van der Waals surface area (Å²) in [6, 6.07) is 0. The average molecular weight is 220 g/mol. The van der Waals surface area contributed by atoms with Crippen LogP contribution in [0.2, 0.25) is 0 Å². The van der Waals surface area contributed by atoms with E-state index < -0.39 is 0 Å². The molecular formula is C15H24O. The maximum absolute atomic E-state index is 11.5. The summed E-state index contributed by atoms with van der Waals surface area (Å²) in [5, 5.41) is 0. The highest BCUT2D eigenvalue weighted by atomic mass is 16.1. The van der Waals surface area contributed by atoms with Crippen LogP contribution in [0.5, 0.6) is 0 Å². The molecule has 0 saturated carbocycles. The highest BCUT2D eigenvalue weighted by molar-refractivity contribution is 5.78. The third kappa shape index (κ3) is 2.23. The molecule has 2 rings (SSSR count). The molecule has 90 valence electrons. The lowest BCUT2D eigenvalue weighted by atomic mass is 9.69. The molecule has 16 heavy (non-hydrogen) atoms. The zero-order chi connectivity index (χ0) is 11.7. The van der Waals surface area contributed by atoms with Crippen LogP contribution in [0.4, 0.5) is 0 Å². The first-order valence-electron chi connectivity index (χ1n) is 6.80. The highest BCUT2D eigenvalue weighted by Crippen LogP contribution is 2.43. The van der Waals surface area contributed by atoms with Crippen molar-refractivity contribution >= 4 is 5.78 Å². The van der Waals surface area contributed by atoms with E-state index in [9.17, 15) is 4.79 Å². The van der Waals surface area contributed by atoms with Gasteiger partial charge >= 0.3 is 0 Å². The number of hydrogen-bond donors (Lipinski definition) is 0. The monoisotopic (exact) mass is 220 g/mol. The number of ketones is 1. The molecule has 0 bridgehead atoms. The number of rotatable bonds is 2. The van der Waals surface area contributed by atoms with E-state index in [0.717, 1.165) is 24.7 Å². The van der Waals surface area contributed by atoms with Crippen LogP contribution in [0, 0.1) is 17.8 Å². The molecule has 1 nitrogen and oxygen atoms in total. The average Bonchev–Trinajstić information content (AvgIpc) is 2.27. The normalized spacial score (nSPS) is 30.5. The minimum absolute atomic E-state index is 0.338. The lowest BCUT2D eigenvalue weighted by molar-refractivity contribution is -0.121. The zero-order valence-corrected chi connectivity index (χ0v) is 10.9. The summed E-state index contributed by atoms with van der Waals surface area (Å²) >= 11 is 0. The third-order valence-electron chi connectivity index (χ3n) is 4.53. The van der Waals surface area contributed by atoms with Gasteiger partial charge in [0.25, 0.3) is 0 Å². The molecule has 0 saturated heterocycles. The van der Waals surface area contributed by atoms with Gasteiger partial charge in [-0.15, -0.1) is 0 Å². The molecule has 0 aromatic carbocycles. The maximum Gasteiger partial charge on any atom is 0.133 e. The first kappa shape index (κ1) is 11.9. The Bertz CT molecular complexity index is 311. The van der Waals surface area contributed by atoms with Crippen LogP contribution in [0.3, 0.4) is 0 Å². The fourth-order valence-corrected chi connectivity index (χ4v) is 3.54. The van der Waals surface area contributed by atoms with Crippen LogP contribution in [0.1, 0.15) is 59.3 Å². The van der Waals surface area contributed by atoms with E-state index in [4.69, 9.17) is 0 Å². The van der Waals surface area contributed by atoms with Gasteiger partial charge in [-0.1, -0.05) is 25.0 Å². The molecule has 0 amide bonds. The van der Waals surface area contributed by atoms with Crippen LogP contribution in [-0.4, -0.2) is 5.78 Å². The van der Waals surface area contributed by atoms with Gasteiger partial charge in [0, 0.05) is 5.92 Å². The smallest absolute Gasteiger partial charge is 0.133 e. The predicted octanol–water partition coefficient (Wildman–Crippen LogP) is 4.13. The van der Waals surface area contributed by atoms with E-state index in [0.29, 0.717) is 11.7 Å². The van der Waals surface area contributed by atoms with Gasteiger partial charge in [0.2, 0.25) is 0 Å². The molecule has 2 atom stereocenters. The second kappa shape index (κ2) is 4.73. The molecule has 0 aliphatic heterocycles. The van der Waals surface area contributed by atoms with Crippen molar-refractivity contribution in [1.29, 1.82) is 0 Å². The lowest BCUT2D eigenvalue weighted by Gasteiger charge is -2.36. The van der Waals surface area contributed by atoms with E-state index in [2.05, 4.69) is 13.8 Å². The minimum Gasteiger partial charge on any atom is -0.300 e. The lowest BCUT2D eigenvalue weighted by Crippen LogP contribution is -2.25. The fraction of sp³-hybridized carbons (Fsp3) is 0.800. The summed E-state index contributed by atoms with van der Waals surface area (Å²) in [4.78, 5) is 11.5. The summed E-state index contributed by atoms with van der Waals surface area (Å²) < 4.78 is 0. The second-order valence-electron chi connectivity index (χ2n) is 5.92. The summed E-state index contributed by atoms with van der Waals surface area (Å²) in [6.45, 7) is 6.45. The molecule has 0 N–H and O–H groups in total. The number of carbonyl (C=O) groups is 1. The molecule has 2 aliphatic rings. The van der Waals surface area contributed by atoms with Crippen LogP contribution in [0.25, 0.3) is 0 Å². The van der Waals surface area contributed by atoms with Gasteiger partial charge in [-0.25, -0.2) is 0 Å². The van der Waals surface area contributed by atoms with E-state index in [1.165, 1.54) is 25.7 Å². The number of Topliss-reactive ketones (excluding diaryl/α,β-unsaturated/α-hetero) is 1. The SMILES string of the molecule is CC(=O)C1CCC2=C(CCCC2C(C)C)C1. The predicted molar refractivity (Wildman–Crippen MR) is 67.2 cm³/mol. The Morgan fingerprint density at radius 2 is 2.00 bits per heavy atom. The molecule has 2 unspecified atom stereocenters. The van der Waals surface area contributed by atoms with Crippen molar-refractivity contribution < 1.29 is 4.79 Å². The van der Waals surface area contributed by atoms with Crippen molar-refractivity contribution in [3.05, 3.63) is 11.1 Å². The molecule has 0 fully saturated rings. The Kier molecular flexibility index (Phi) is 3.51. The van der Waals surface area contributed by atoms with Gasteiger partial charge in [-0.2, -0.15) is 0 Å². The Morgan fingerprint density at radius 1 is 1.25 bits per heavy atom. The molecule has 0 aromatic heterocycles. The topological polar surface area (TPSA) is 17.1 Å². The summed E-state index contributed by atoms with van der Waals surface area (Å²) in [5.41, 5.74) is 3.38. The van der Waals surface area contributed by atoms with Gasteiger partial charge in [-0.3, -0.25) is 4.79 Å². The Morgan fingerprint density at radius 3 is 2.62 bits per heavy atom. The van der Waals surface area contributed by atoms with Gasteiger partial charge in [-0.05, 0) is 57.3 Å². The van der Waals surface area contributed by atoms with Crippen molar-refractivity contribution in [3.8, 4) is 0 Å². The third-order valence-corrected chi connectivity index (χ3v) is 4.53.